The van der Waals surface area contributed by atoms with Gasteiger partial charge in [-0.15, -0.1) is 0 Å². The standard InChI is InChI=1S/C9H21P.Au.3N3/c1-7(2)10(8(3)4)9(5)6;;3*1-3-2/h7-9H,1-6H3;;;;/q;+3;3*-1. The fourth-order valence-corrected chi connectivity index (χ4v) is 5.37. The molecule has 0 aliphatic heterocycles. The average molecular weight is 483 g/mol. The molecule has 0 atom stereocenters. The van der Waals surface area contributed by atoms with Gasteiger partial charge in [-0.05, 0) is 17.0 Å². The SMILES string of the molecule is CC(C)P(C(C)C)C(C)C.[Au+3].[N-]=[N+]=[N-].[N-]=[N+]=[N-].[N-]=[N+]=[N-]. The summed E-state index contributed by atoms with van der Waals surface area (Å²) in [7, 11) is 0.262. The molecule has 0 radical (unpaired) electrons. The zero-order chi connectivity index (χ0) is 16.4. The molecule has 0 aliphatic carbocycles. The van der Waals surface area contributed by atoms with Gasteiger partial charge in [-0.25, -0.2) is 0 Å². The minimum absolute atomic E-state index is 0. The molecule has 118 valence electrons. The third-order valence-corrected chi connectivity index (χ3v) is 5.37. The Morgan fingerprint density at radius 1 is 0.550 bits per heavy atom. The van der Waals surface area contributed by atoms with Crippen LogP contribution in [0.3, 0.4) is 0 Å². The van der Waals surface area contributed by atoms with Crippen LogP contribution < -0.4 is 0 Å². The van der Waals surface area contributed by atoms with Gasteiger partial charge in [-0.2, -0.15) is 0 Å². The summed E-state index contributed by atoms with van der Waals surface area (Å²) in [5.74, 6) is 0. The van der Waals surface area contributed by atoms with Crippen LogP contribution in [0.1, 0.15) is 41.5 Å². The molecule has 9 nitrogen and oxygen atoms in total. The van der Waals surface area contributed by atoms with Crippen molar-refractivity contribution in [1.29, 1.82) is 0 Å². The summed E-state index contributed by atoms with van der Waals surface area (Å²) < 4.78 is 0. The molecule has 0 spiro atoms. The van der Waals surface area contributed by atoms with Crippen molar-refractivity contribution in [3.63, 3.8) is 0 Å². The van der Waals surface area contributed by atoms with Crippen molar-refractivity contribution >= 4 is 7.92 Å². The quantitative estimate of drug-likeness (QED) is 0.144. The molecule has 0 fully saturated rings. The Morgan fingerprint density at radius 2 is 0.650 bits per heavy atom. The van der Waals surface area contributed by atoms with Gasteiger partial charge >= 0.3 is 22.4 Å². The van der Waals surface area contributed by atoms with Gasteiger partial charge in [0, 0.05) is 0 Å². The van der Waals surface area contributed by atoms with Crippen LogP contribution >= 0.6 is 7.92 Å². The van der Waals surface area contributed by atoms with Crippen LogP contribution in [0, 0.1) is 0 Å². The zero-order valence-corrected chi connectivity index (χ0v) is 15.6. The van der Waals surface area contributed by atoms with Crippen LogP contribution in [-0.4, -0.2) is 17.0 Å². The Kier molecular flexibility index (Phi) is 41.9. The average Bonchev–Trinajstić information content (AvgIpc) is 2.18. The van der Waals surface area contributed by atoms with E-state index in [2.05, 4.69) is 41.5 Å². The molecule has 0 aromatic heterocycles. The molecule has 0 bridgehead atoms. The van der Waals surface area contributed by atoms with Crippen molar-refractivity contribution in [2.75, 3.05) is 0 Å². The van der Waals surface area contributed by atoms with Crippen molar-refractivity contribution in [2.24, 2.45) is 0 Å². The second-order valence-electron chi connectivity index (χ2n) is 4.00. The first-order valence-electron chi connectivity index (χ1n) is 5.44. The second-order valence-corrected chi connectivity index (χ2v) is 7.99. The van der Waals surface area contributed by atoms with Crippen LogP contribution in [0.5, 0.6) is 0 Å². The first kappa shape index (κ1) is 31.5. The number of nitrogens with zero attached hydrogens (tertiary/aromatic N) is 9. The maximum atomic E-state index is 6.75. The molecular weight excluding hydrogens is 462 g/mol. The Bertz CT molecular complexity index is 240. The van der Waals surface area contributed by atoms with E-state index in [0.29, 0.717) is 0 Å². The van der Waals surface area contributed by atoms with Crippen molar-refractivity contribution in [3.8, 4) is 0 Å². The monoisotopic (exact) mass is 483 g/mol. The molecule has 0 unspecified atom stereocenters. The molecule has 0 rings (SSSR count). The topological polar surface area (TPSA) is 176 Å². The largest absolute Gasteiger partial charge is 3.00 e. The van der Waals surface area contributed by atoms with Crippen molar-refractivity contribution in [1.82, 2.24) is 0 Å². The first-order valence-corrected chi connectivity index (χ1v) is 6.99. The summed E-state index contributed by atoms with van der Waals surface area (Å²) >= 11 is 0. The third kappa shape index (κ3) is 36.0. The van der Waals surface area contributed by atoms with E-state index in [-0.39, 0.29) is 30.3 Å². The van der Waals surface area contributed by atoms with E-state index < -0.39 is 0 Å². The fraction of sp³-hybridized carbons (Fsp3) is 1.00. The molecule has 20 heavy (non-hydrogen) atoms. The Balaban J connectivity index is -0.0000000626. The molecule has 0 amide bonds. The summed E-state index contributed by atoms with van der Waals surface area (Å²) in [6, 6.07) is 0. The molecule has 0 aromatic carbocycles. The minimum atomic E-state index is 0. The van der Waals surface area contributed by atoms with Crippen LogP contribution in [-0.2, 0) is 22.4 Å². The smallest absolute Gasteiger partial charge is 0.373 e. The van der Waals surface area contributed by atoms with E-state index in [0.717, 1.165) is 17.0 Å². The molecule has 0 aliphatic rings. The van der Waals surface area contributed by atoms with Crippen molar-refractivity contribution < 1.29 is 22.4 Å². The molecule has 11 heteroatoms. The molecular formula is C9H21AuN9P. The van der Waals surface area contributed by atoms with Gasteiger partial charge in [0.1, 0.15) is 0 Å². The number of hydrogen-bond acceptors (Lipinski definition) is 0. The van der Waals surface area contributed by atoms with E-state index in [1.54, 1.807) is 0 Å². The minimum Gasteiger partial charge on any atom is -0.373 e. The molecule has 0 aromatic rings. The van der Waals surface area contributed by atoms with E-state index in [4.69, 9.17) is 33.2 Å². The number of rotatable bonds is 3. The van der Waals surface area contributed by atoms with Crippen molar-refractivity contribution in [2.45, 2.75) is 58.5 Å². The van der Waals surface area contributed by atoms with Crippen LogP contribution in [0.2, 0.25) is 0 Å². The van der Waals surface area contributed by atoms with Gasteiger partial charge in [0.2, 0.25) is 0 Å². The fourth-order valence-electron chi connectivity index (χ4n) is 1.79. The van der Waals surface area contributed by atoms with Crippen LogP contribution in [0.4, 0.5) is 0 Å². The zero-order valence-electron chi connectivity index (χ0n) is 12.5. The predicted molar refractivity (Wildman–Crippen MR) is 82.6 cm³/mol. The van der Waals surface area contributed by atoms with Gasteiger partial charge < -0.3 is 33.2 Å². The van der Waals surface area contributed by atoms with Crippen LogP contribution in [0.15, 0.2) is 0 Å². The van der Waals surface area contributed by atoms with E-state index in [1.807, 2.05) is 0 Å². The van der Waals surface area contributed by atoms with Gasteiger partial charge in [-0.3, -0.25) is 14.7 Å². The van der Waals surface area contributed by atoms with Gasteiger partial charge in [0.05, 0.1) is 0 Å². The van der Waals surface area contributed by atoms with Crippen LogP contribution in [0.25, 0.3) is 47.9 Å². The van der Waals surface area contributed by atoms with Crippen molar-refractivity contribution in [3.05, 3.63) is 47.9 Å². The molecule has 0 heterocycles. The van der Waals surface area contributed by atoms with E-state index in [9.17, 15) is 0 Å². The van der Waals surface area contributed by atoms with Gasteiger partial charge in [0.15, 0.2) is 0 Å². The first-order chi connectivity index (χ1) is 8.71. The summed E-state index contributed by atoms with van der Waals surface area (Å²) in [5, 5.41) is 0. The van der Waals surface area contributed by atoms with Gasteiger partial charge in [0.25, 0.3) is 0 Å². The Labute approximate surface area is 137 Å². The van der Waals surface area contributed by atoms with Gasteiger partial charge in [-0.1, -0.05) is 49.5 Å². The summed E-state index contributed by atoms with van der Waals surface area (Å²) in [4.78, 5) is 4.50. The third-order valence-electron chi connectivity index (χ3n) is 1.79. The Morgan fingerprint density at radius 3 is 0.650 bits per heavy atom. The van der Waals surface area contributed by atoms with E-state index >= 15 is 0 Å². The summed E-state index contributed by atoms with van der Waals surface area (Å²) in [6.07, 6.45) is 0. The molecule has 0 saturated heterocycles. The Hall–Kier alpha value is -0.900. The molecule has 0 saturated carbocycles. The normalized spacial score (nSPS) is 7.50. The summed E-state index contributed by atoms with van der Waals surface area (Å²) in [6.45, 7) is 14.1. The molecule has 0 N–H and O–H groups in total. The maximum absolute atomic E-state index is 6.75. The van der Waals surface area contributed by atoms with E-state index in [1.165, 1.54) is 14.7 Å². The predicted octanol–water partition coefficient (Wildman–Crippen LogP) is 6.29. The summed E-state index contributed by atoms with van der Waals surface area (Å²) in [5.41, 5.74) is 43.2. The second kappa shape index (κ2) is 26.6. The maximum Gasteiger partial charge on any atom is 3.00 e. The number of hydrogen-bond donors (Lipinski definition) is 0.